The number of carboxylic acid groups (broad SMARTS) is 1. The maximum Gasteiger partial charge on any atom is 0.309 e. The van der Waals surface area contributed by atoms with Gasteiger partial charge in [-0.3, -0.25) is 9.79 Å². The summed E-state index contributed by atoms with van der Waals surface area (Å²) in [5.41, 5.74) is 0.501. The van der Waals surface area contributed by atoms with Gasteiger partial charge in [0.15, 0.2) is 0 Å². The number of allylic oxidation sites excluding steroid dienone is 3. The molecule has 84 valence electrons. The molecule has 0 saturated heterocycles. The maximum absolute atomic E-state index is 10.5. The van der Waals surface area contributed by atoms with Crippen molar-refractivity contribution in [2.45, 2.75) is 6.42 Å². The highest BCUT2D eigenvalue weighted by molar-refractivity contribution is 5.94. The third kappa shape index (κ3) is 3.20. The molecule has 0 aliphatic rings. The van der Waals surface area contributed by atoms with Crippen LogP contribution < -0.4 is 0 Å². The van der Waals surface area contributed by atoms with Crippen LogP contribution in [0.1, 0.15) is 5.69 Å². The Balaban J connectivity index is 2.87. The molecule has 0 amide bonds. The van der Waals surface area contributed by atoms with Crippen molar-refractivity contribution in [1.29, 1.82) is 0 Å². The van der Waals surface area contributed by atoms with Crippen molar-refractivity contribution in [1.82, 2.24) is 9.78 Å². The first-order chi connectivity index (χ1) is 7.67. The molecule has 16 heavy (non-hydrogen) atoms. The number of carboxylic acids is 1. The SMILES string of the molecule is C=C/C=C\C(=NC)n1ccc(CC(=O)O)n1. The average Bonchev–Trinajstić information content (AvgIpc) is 2.67. The summed E-state index contributed by atoms with van der Waals surface area (Å²) in [6.45, 7) is 3.56. The predicted molar refractivity (Wildman–Crippen MR) is 61.7 cm³/mol. The molecule has 0 atom stereocenters. The number of aliphatic imine (C=N–C) groups is 1. The van der Waals surface area contributed by atoms with Crippen molar-refractivity contribution in [2.75, 3.05) is 7.05 Å². The van der Waals surface area contributed by atoms with Crippen LogP contribution in [0.5, 0.6) is 0 Å². The minimum absolute atomic E-state index is 0.0881. The van der Waals surface area contributed by atoms with Crippen molar-refractivity contribution in [3.05, 3.63) is 42.8 Å². The van der Waals surface area contributed by atoms with E-state index in [4.69, 9.17) is 5.11 Å². The molecular formula is C11H13N3O2. The van der Waals surface area contributed by atoms with Crippen LogP contribution in [0.25, 0.3) is 0 Å². The molecule has 0 unspecified atom stereocenters. The Bertz CT molecular complexity index is 444. The van der Waals surface area contributed by atoms with Crippen molar-refractivity contribution in [3.8, 4) is 0 Å². The number of carbonyl (C=O) groups is 1. The van der Waals surface area contributed by atoms with Gasteiger partial charge in [-0.25, -0.2) is 4.68 Å². The molecule has 0 bridgehead atoms. The van der Waals surface area contributed by atoms with Gasteiger partial charge < -0.3 is 5.11 Å². The van der Waals surface area contributed by atoms with Crippen LogP contribution >= 0.6 is 0 Å². The normalized spacial score (nSPS) is 11.9. The molecule has 5 heteroatoms. The molecule has 0 fully saturated rings. The summed E-state index contributed by atoms with van der Waals surface area (Å²) in [4.78, 5) is 14.5. The fourth-order valence-corrected chi connectivity index (χ4v) is 1.15. The van der Waals surface area contributed by atoms with E-state index >= 15 is 0 Å². The van der Waals surface area contributed by atoms with E-state index in [2.05, 4.69) is 16.7 Å². The zero-order chi connectivity index (χ0) is 12.0. The second kappa shape index (κ2) is 5.65. The van der Waals surface area contributed by atoms with E-state index in [0.717, 1.165) is 0 Å². The highest BCUT2D eigenvalue weighted by atomic mass is 16.4. The summed E-state index contributed by atoms with van der Waals surface area (Å²) in [5, 5.41) is 12.7. The summed E-state index contributed by atoms with van der Waals surface area (Å²) >= 11 is 0. The molecule has 1 rings (SSSR count). The second-order valence-corrected chi connectivity index (χ2v) is 3.00. The van der Waals surface area contributed by atoms with E-state index in [1.54, 1.807) is 37.5 Å². The highest BCUT2D eigenvalue weighted by Gasteiger charge is 2.05. The van der Waals surface area contributed by atoms with Gasteiger partial charge in [0.25, 0.3) is 0 Å². The molecule has 0 aromatic carbocycles. The van der Waals surface area contributed by atoms with Gasteiger partial charge in [-0.05, 0) is 12.1 Å². The molecule has 0 spiro atoms. The van der Waals surface area contributed by atoms with Crippen molar-refractivity contribution >= 4 is 11.8 Å². The molecule has 0 radical (unpaired) electrons. The molecule has 0 saturated carbocycles. The monoisotopic (exact) mass is 219 g/mol. The van der Waals surface area contributed by atoms with Crippen molar-refractivity contribution < 1.29 is 9.90 Å². The number of nitrogens with zero attached hydrogens (tertiary/aromatic N) is 3. The van der Waals surface area contributed by atoms with Gasteiger partial charge in [0.2, 0.25) is 0 Å². The van der Waals surface area contributed by atoms with E-state index < -0.39 is 5.97 Å². The lowest BCUT2D eigenvalue weighted by Gasteiger charge is -1.98. The lowest BCUT2D eigenvalue weighted by atomic mass is 10.3. The van der Waals surface area contributed by atoms with Crippen LogP contribution in [-0.4, -0.2) is 33.7 Å². The zero-order valence-electron chi connectivity index (χ0n) is 9.00. The summed E-state index contributed by atoms with van der Waals surface area (Å²) in [5.74, 6) is -0.279. The molecule has 1 N–H and O–H groups in total. The van der Waals surface area contributed by atoms with Crippen LogP contribution in [0.2, 0.25) is 0 Å². The molecular weight excluding hydrogens is 206 g/mol. The Hall–Kier alpha value is -2.17. The van der Waals surface area contributed by atoms with E-state index in [0.29, 0.717) is 11.5 Å². The van der Waals surface area contributed by atoms with E-state index in [9.17, 15) is 4.79 Å². The van der Waals surface area contributed by atoms with Gasteiger partial charge in [-0.1, -0.05) is 18.7 Å². The van der Waals surface area contributed by atoms with Gasteiger partial charge in [-0.15, -0.1) is 0 Å². The number of hydrogen-bond acceptors (Lipinski definition) is 3. The van der Waals surface area contributed by atoms with Crippen LogP contribution in [0.4, 0.5) is 0 Å². The highest BCUT2D eigenvalue weighted by Crippen LogP contribution is 1.98. The van der Waals surface area contributed by atoms with Gasteiger partial charge in [0.1, 0.15) is 5.84 Å². The fraction of sp³-hybridized carbons (Fsp3) is 0.182. The van der Waals surface area contributed by atoms with Crippen molar-refractivity contribution in [3.63, 3.8) is 0 Å². The number of rotatable bonds is 4. The Morgan fingerprint density at radius 3 is 3.06 bits per heavy atom. The van der Waals surface area contributed by atoms with E-state index in [1.807, 2.05) is 0 Å². The lowest BCUT2D eigenvalue weighted by molar-refractivity contribution is -0.136. The first-order valence-electron chi connectivity index (χ1n) is 4.70. The third-order valence-electron chi connectivity index (χ3n) is 1.82. The Labute approximate surface area is 93.4 Å². The molecule has 0 aliphatic carbocycles. The standard InChI is InChI=1S/C11H13N3O2/c1-3-4-5-10(12-2)14-7-6-9(13-14)8-11(15)16/h3-7H,1,8H2,2H3,(H,15,16)/b5-4-,12-10?. The molecule has 5 nitrogen and oxygen atoms in total. The summed E-state index contributed by atoms with van der Waals surface area (Å²) in [6, 6.07) is 1.65. The van der Waals surface area contributed by atoms with Crippen LogP contribution in [0.15, 0.2) is 42.1 Å². The Morgan fingerprint density at radius 1 is 1.75 bits per heavy atom. The zero-order valence-corrected chi connectivity index (χ0v) is 9.00. The Morgan fingerprint density at radius 2 is 2.50 bits per heavy atom. The summed E-state index contributed by atoms with van der Waals surface area (Å²) < 4.78 is 1.53. The maximum atomic E-state index is 10.5. The van der Waals surface area contributed by atoms with E-state index in [-0.39, 0.29) is 6.42 Å². The fourth-order valence-electron chi connectivity index (χ4n) is 1.15. The number of hydrogen-bond donors (Lipinski definition) is 1. The summed E-state index contributed by atoms with van der Waals surface area (Å²) in [6.07, 6.45) is 6.70. The average molecular weight is 219 g/mol. The first-order valence-corrected chi connectivity index (χ1v) is 4.70. The minimum Gasteiger partial charge on any atom is -0.481 e. The van der Waals surface area contributed by atoms with Gasteiger partial charge in [0.05, 0.1) is 12.1 Å². The smallest absolute Gasteiger partial charge is 0.309 e. The largest absolute Gasteiger partial charge is 0.481 e. The molecule has 1 heterocycles. The van der Waals surface area contributed by atoms with Gasteiger partial charge in [0, 0.05) is 13.2 Å². The van der Waals surface area contributed by atoms with Gasteiger partial charge >= 0.3 is 5.97 Å². The molecule has 0 aliphatic heterocycles. The second-order valence-electron chi connectivity index (χ2n) is 3.00. The van der Waals surface area contributed by atoms with E-state index in [1.165, 1.54) is 4.68 Å². The van der Waals surface area contributed by atoms with Gasteiger partial charge in [-0.2, -0.15) is 5.10 Å². The summed E-state index contributed by atoms with van der Waals surface area (Å²) in [7, 11) is 1.64. The van der Waals surface area contributed by atoms with Crippen LogP contribution in [0.3, 0.4) is 0 Å². The third-order valence-corrected chi connectivity index (χ3v) is 1.82. The molecule has 1 aromatic rings. The van der Waals surface area contributed by atoms with Crippen LogP contribution in [-0.2, 0) is 11.2 Å². The number of aliphatic carboxylic acids is 1. The lowest BCUT2D eigenvalue weighted by Crippen LogP contribution is -2.10. The van der Waals surface area contributed by atoms with Crippen molar-refractivity contribution in [2.24, 2.45) is 4.99 Å². The first kappa shape index (κ1) is 11.9. The number of aromatic nitrogens is 2. The Kier molecular flexibility index (Phi) is 4.20. The van der Waals surface area contributed by atoms with Crippen LogP contribution in [0, 0.1) is 0 Å². The molecule has 1 aromatic heterocycles. The quantitative estimate of drug-likeness (QED) is 0.469. The predicted octanol–water partition coefficient (Wildman–Crippen LogP) is 1.13. The minimum atomic E-state index is -0.901. The topological polar surface area (TPSA) is 67.5 Å².